The van der Waals surface area contributed by atoms with Crippen LogP contribution >= 0.6 is 0 Å². The van der Waals surface area contributed by atoms with Crippen LogP contribution in [-0.4, -0.2) is 24.2 Å². The van der Waals surface area contributed by atoms with Crippen molar-refractivity contribution in [3.8, 4) is 5.75 Å². The van der Waals surface area contributed by atoms with Crippen LogP contribution in [0.1, 0.15) is 26.3 Å². The van der Waals surface area contributed by atoms with Gasteiger partial charge in [0.05, 0.1) is 12.0 Å². The van der Waals surface area contributed by atoms with Crippen molar-refractivity contribution in [2.24, 2.45) is 5.41 Å². The second-order valence-corrected chi connectivity index (χ2v) is 6.07. The number of esters is 1. The van der Waals surface area contributed by atoms with Crippen LogP contribution in [0.5, 0.6) is 5.75 Å². The van der Waals surface area contributed by atoms with Gasteiger partial charge in [-0.1, -0.05) is 18.2 Å². The molecule has 2 rings (SSSR count). The third kappa shape index (κ3) is 3.98. The van der Waals surface area contributed by atoms with E-state index < -0.39 is 5.41 Å². The van der Waals surface area contributed by atoms with E-state index >= 15 is 0 Å². The molecule has 0 aliphatic carbocycles. The number of phenols is 1. The number of benzene rings is 2. The molecule has 4 heteroatoms. The Balaban J connectivity index is 1.97. The van der Waals surface area contributed by atoms with Gasteiger partial charge in [0.15, 0.2) is 0 Å². The molecule has 22 heavy (non-hydrogen) atoms. The Hall–Kier alpha value is -2.07. The molecule has 118 valence electrons. The van der Waals surface area contributed by atoms with Crippen molar-refractivity contribution in [2.75, 3.05) is 13.2 Å². The zero-order valence-corrected chi connectivity index (χ0v) is 13.3. The van der Waals surface area contributed by atoms with Gasteiger partial charge in [-0.25, -0.2) is 0 Å². The van der Waals surface area contributed by atoms with Crippen molar-refractivity contribution >= 4 is 16.7 Å². The molecule has 4 nitrogen and oxygen atoms in total. The summed E-state index contributed by atoms with van der Waals surface area (Å²) in [5, 5.41) is 14.9. The number of rotatable bonds is 6. The molecule has 0 aliphatic heterocycles. The Kier molecular flexibility index (Phi) is 5.03. The van der Waals surface area contributed by atoms with E-state index in [1.165, 1.54) is 0 Å². The Morgan fingerprint density at radius 1 is 1.18 bits per heavy atom. The van der Waals surface area contributed by atoms with Crippen LogP contribution in [0.25, 0.3) is 10.8 Å². The maximum atomic E-state index is 11.8. The number of nitrogens with one attached hydrogen (secondary N) is 1. The quantitative estimate of drug-likeness (QED) is 0.804. The van der Waals surface area contributed by atoms with E-state index in [-0.39, 0.29) is 11.7 Å². The van der Waals surface area contributed by atoms with E-state index in [1.807, 2.05) is 39.0 Å². The van der Waals surface area contributed by atoms with Crippen LogP contribution in [0.15, 0.2) is 36.4 Å². The van der Waals surface area contributed by atoms with E-state index in [4.69, 9.17) is 4.74 Å². The largest absolute Gasteiger partial charge is 0.508 e. The summed E-state index contributed by atoms with van der Waals surface area (Å²) in [4.78, 5) is 11.8. The van der Waals surface area contributed by atoms with Crippen LogP contribution in [0.3, 0.4) is 0 Å². The average Bonchev–Trinajstić information content (AvgIpc) is 2.47. The first-order chi connectivity index (χ1) is 10.4. The molecule has 0 unspecified atom stereocenters. The molecule has 0 spiro atoms. The number of aromatic hydroxyl groups is 1. The highest BCUT2D eigenvalue weighted by Crippen LogP contribution is 2.21. The Labute approximate surface area is 131 Å². The number of hydrogen-bond donors (Lipinski definition) is 2. The first-order valence-corrected chi connectivity index (χ1v) is 7.52. The minimum absolute atomic E-state index is 0.184. The van der Waals surface area contributed by atoms with Crippen molar-refractivity contribution in [3.63, 3.8) is 0 Å². The van der Waals surface area contributed by atoms with Crippen molar-refractivity contribution in [1.29, 1.82) is 0 Å². The molecule has 0 aliphatic rings. The molecule has 0 saturated heterocycles. The zero-order valence-electron chi connectivity index (χ0n) is 13.3. The molecule has 0 saturated carbocycles. The van der Waals surface area contributed by atoms with Crippen LogP contribution in [-0.2, 0) is 16.1 Å². The summed E-state index contributed by atoms with van der Waals surface area (Å²) in [6.45, 7) is 7.20. The lowest BCUT2D eigenvalue weighted by molar-refractivity contribution is -0.153. The third-order valence-electron chi connectivity index (χ3n) is 3.61. The molecule has 0 radical (unpaired) electrons. The van der Waals surface area contributed by atoms with E-state index in [0.717, 1.165) is 16.3 Å². The number of carbonyl (C=O) groups excluding carboxylic acids is 1. The fourth-order valence-electron chi connectivity index (χ4n) is 2.31. The monoisotopic (exact) mass is 301 g/mol. The zero-order chi connectivity index (χ0) is 16.2. The van der Waals surface area contributed by atoms with Gasteiger partial charge in [0.2, 0.25) is 0 Å². The summed E-state index contributed by atoms with van der Waals surface area (Å²) in [5.74, 6) is 0.0889. The third-order valence-corrected chi connectivity index (χ3v) is 3.61. The van der Waals surface area contributed by atoms with Gasteiger partial charge in [-0.2, -0.15) is 0 Å². The van der Waals surface area contributed by atoms with Gasteiger partial charge in [0.1, 0.15) is 5.75 Å². The summed E-state index contributed by atoms with van der Waals surface area (Å²) in [6, 6.07) is 11.4. The Morgan fingerprint density at radius 3 is 2.59 bits per heavy atom. The van der Waals surface area contributed by atoms with Crippen molar-refractivity contribution in [2.45, 2.75) is 27.3 Å². The fourth-order valence-corrected chi connectivity index (χ4v) is 2.31. The maximum absolute atomic E-state index is 11.8. The van der Waals surface area contributed by atoms with Crippen LogP contribution < -0.4 is 5.32 Å². The average molecular weight is 301 g/mol. The normalized spacial score (nSPS) is 11.6. The molecule has 2 aromatic carbocycles. The van der Waals surface area contributed by atoms with E-state index in [9.17, 15) is 9.90 Å². The van der Waals surface area contributed by atoms with Crippen LogP contribution in [0, 0.1) is 5.41 Å². The highest BCUT2D eigenvalue weighted by atomic mass is 16.5. The second-order valence-electron chi connectivity index (χ2n) is 6.07. The summed E-state index contributed by atoms with van der Waals surface area (Å²) >= 11 is 0. The predicted molar refractivity (Wildman–Crippen MR) is 87.7 cm³/mol. The van der Waals surface area contributed by atoms with Crippen molar-refractivity contribution < 1.29 is 14.6 Å². The van der Waals surface area contributed by atoms with E-state index in [1.54, 1.807) is 12.1 Å². The van der Waals surface area contributed by atoms with Gasteiger partial charge in [-0.05, 0) is 55.3 Å². The topological polar surface area (TPSA) is 58.6 Å². The highest BCUT2D eigenvalue weighted by Gasteiger charge is 2.28. The molecule has 0 aromatic heterocycles. The first kappa shape index (κ1) is 16.3. The molecule has 2 aromatic rings. The second kappa shape index (κ2) is 6.79. The highest BCUT2D eigenvalue weighted by molar-refractivity contribution is 5.84. The molecule has 0 fully saturated rings. The smallest absolute Gasteiger partial charge is 0.312 e. The molecule has 0 bridgehead atoms. The van der Waals surface area contributed by atoms with Gasteiger partial charge >= 0.3 is 5.97 Å². The lowest BCUT2D eigenvalue weighted by atomic mass is 9.93. The van der Waals surface area contributed by atoms with Crippen LogP contribution in [0.4, 0.5) is 0 Å². The van der Waals surface area contributed by atoms with Gasteiger partial charge in [0, 0.05) is 13.1 Å². The van der Waals surface area contributed by atoms with Crippen LogP contribution in [0.2, 0.25) is 0 Å². The fraction of sp³-hybridized carbons (Fsp3) is 0.389. The Morgan fingerprint density at radius 2 is 1.86 bits per heavy atom. The molecular formula is C18H23NO3. The number of phenolic OH excluding ortho intramolecular Hbond substituents is 1. The van der Waals surface area contributed by atoms with Gasteiger partial charge < -0.3 is 15.2 Å². The van der Waals surface area contributed by atoms with E-state index in [0.29, 0.717) is 19.7 Å². The number of carbonyl (C=O) groups is 1. The predicted octanol–water partition coefficient (Wildman–Crippen LogP) is 3.22. The van der Waals surface area contributed by atoms with Crippen molar-refractivity contribution in [3.05, 3.63) is 42.0 Å². The summed E-state index contributed by atoms with van der Waals surface area (Å²) in [6.07, 6.45) is 0. The van der Waals surface area contributed by atoms with Gasteiger partial charge in [0.25, 0.3) is 0 Å². The molecule has 2 N–H and O–H groups in total. The standard InChI is InChI=1S/C18H23NO3/c1-4-22-17(21)18(2,3)12-19-11-13-5-6-15-10-16(20)8-7-14(15)9-13/h5-10,19-20H,4,11-12H2,1-3H3. The van der Waals surface area contributed by atoms with Gasteiger partial charge in [-0.3, -0.25) is 4.79 Å². The number of fused-ring (bicyclic) bond motifs is 1. The molecule has 0 amide bonds. The molecule has 0 heterocycles. The lowest BCUT2D eigenvalue weighted by Crippen LogP contribution is -2.37. The van der Waals surface area contributed by atoms with Crippen molar-refractivity contribution in [1.82, 2.24) is 5.32 Å². The maximum Gasteiger partial charge on any atom is 0.312 e. The minimum Gasteiger partial charge on any atom is -0.508 e. The lowest BCUT2D eigenvalue weighted by Gasteiger charge is -2.22. The first-order valence-electron chi connectivity index (χ1n) is 7.52. The summed E-state index contributed by atoms with van der Waals surface area (Å²) in [7, 11) is 0. The summed E-state index contributed by atoms with van der Waals surface area (Å²) < 4.78 is 5.08. The number of ether oxygens (including phenoxy) is 1. The van der Waals surface area contributed by atoms with Gasteiger partial charge in [-0.15, -0.1) is 0 Å². The Bertz CT molecular complexity index is 664. The molecular weight excluding hydrogens is 278 g/mol. The minimum atomic E-state index is -0.543. The summed E-state index contributed by atoms with van der Waals surface area (Å²) in [5.41, 5.74) is 0.594. The molecule has 0 atom stereocenters. The number of hydrogen-bond acceptors (Lipinski definition) is 4. The van der Waals surface area contributed by atoms with E-state index in [2.05, 4.69) is 11.4 Å². The SMILES string of the molecule is CCOC(=O)C(C)(C)CNCc1ccc2cc(O)ccc2c1.